The number of rotatable bonds is 6. The van der Waals surface area contributed by atoms with E-state index in [0.29, 0.717) is 34.3 Å². The van der Waals surface area contributed by atoms with Crippen LogP contribution in [0.25, 0.3) is 22.2 Å². The average Bonchev–Trinajstić information content (AvgIpc) is 3.20. The number of aryl methyl sites for hydroxylation is 1. The Bertz CT molecular complexity index is 1390. The zero-order valence-electron chi connectivity index (χ0n) is 18.4. The van der Waals surface area contributed by atoms with Crippen molar-refractivity contribution in [2.45, 2.75) is 0 Å². The van der Waals surface area contributed by atoms with Crippen LogP contribution in [-0.2, 0) is 14.1 Å². The molecule has 0 unspecified atom stereocenters. The summed E-state index contributed by atoms with van der Waals surface area (Å²) in [4.78, 5) is 25.7. The maximum absolute atomic E-state index is 13.2. The van der Waals surface area contributed by atoms with Crippen LogP contribution in [0.5, 0.6) is 17.2 Å². The molecule has 9 heteroatoms. The van der Waals surface area contributed by atoms with Gasteiger partial charge in [0.15, 0.2) is 11.5 Å². The van der Waals surface area contributed by atoms with Crippen molar-refractivity contribution in [1.82, 2.24) is 9.13 Å². The summed E-state index contributed by atoms with van der Waals surface area (Å²) in [6, 6.07) is 12.8. The molecule has 0 amide bonds. The van der Waals surface area contributed by atoms with Gasteiger partial charge in [0.25, 0.3) is 5.56 Å². The number of benzene rings is 2. The second-order valence-electron chi connectivity index (χ2n) is 7.10. The number of para-hydroxylation sites is 1. The third-order valence-electron chi connectivity index (χ3n) is 5.27. The number of fused-ring (bicyclic) bond motifs is 1. The monoisotopic (exact) mass is 437 g/mol. The summed E-state index contributed by atoms with van der Waals surface area (Å²) in [6.45, 7) is 0. The molecule has 0 saturated carbocycles. The van der Waals surface area contributed by atoms with Crippen LogP contribution < -0.4 is 30.8 Å². The SMILES string of the molecule is COc1cc(-c2c(Nc3ccccc3)oc3c2c(=O)n(C)c(=O)n3C)cc(OC)c1OC. The van der Waals surface area contributed by atoms with Gasteiger partial charge >= 0.3 is 5.69 Å². The minimum absolute atomic E-state index is 0.153. The van der Waals surface area contributed by atoms with Crippen molar-refractivity contribution in [2.24, 2.45) is 14.1 Å². The highest BCUT2D eigenvalue weighted by Gasteiger charge is 2.25. The number of hydrogen-bond donors (Lipinski definition) is 1. The van der Waals surface area contributed by atoms with Crippen LogP contribution in [0.2, 0.25) is 0 Å². The highest BCUT2D eigenvalue weighted by Crippen LogP contribution is 2.45. The summed E-state index contributed by atoms with van der Waals surface area (Å²) in [5.41, 5.74) is 1.00. The Balaban J connectivity index is 2.10. The summed E-state index contributed by atoms with van der Waals surface area (Å²) in [5.74, 6) is 1.57. The second-order valence-corrected chi connectivity index (χ2v) is 7.10. The molecule has 0 radical (unpaired) electrons. The van der Waals surface area contributed by atoms with Crippen LogP contribution in [-0.4, -0.2) is 30.5 Å². The molecule has 0 aliphatic heterocycles. The summed E-state index contributed by atoms with van der Waals surface area (Å²) >= 11 is 0. The number of furan rings is 1. The van der Waals surface area contributed by atoms with Gasteiger partial charge < -0.3 is 23.9 Å². The molecule has 2 aromatic heterocycles. The molecule has 2 heterocycles. The van der Waals surface area contributed by atoms with Gasteiger partial charge in [-0.05, 0) is 29.8 Å². The Morgan fingerprint density at radius 1 is 0.875 bits per heavy atom. The van der Waals surface area contributed by atoms with Crippen molar-refractivity contribution < 1.29 is 18.6 Å². The third-order valence-corrected chi connectivity index (χ3v) is 5.27. The molecule has 0 spiro atoms. The van der Waals surface area contributed by atoms with Gasteiger partial charge in [0.1, 0.15) is 5.39 Å². The molecule has 9 nitrogen and oxygen atoms in total. The molecule has 0 atom stereocenters. The molecule has 4 rings (SSSR count). The van der Waals surface area contributed by atoms with Crippen molar-refractivity contribution in [3.63, 3.8) is 0 Å². The Hall–Kier alpha value is -4.14. The van der Waals surface area contributed by atoms with E-state index in [9.17, 15) is 9.59 Å². The predicted octanol–water partition coefficient (Wildman–Crippen LogP) is 3.27. The lowest BCUT2D eigenvalue weighted by Gasteiger charge is -2.14. The Kier molecular flexibility index (Phi) is 5.40. The lowest BCUT2D eigenvalue weighted by atomic mass is 10.0. The van der Waals surface area contributed by atoms with Crippen molar-refractivity contribution in [1.29, 1.82) is 0 Å². The molecular weight excluding hydrogens is 414 g/mol. The van der Waals surface area contributed by atoms with E-state index < -0.39 is 11.2 Å². The molecule has 166 valence electrons. The first-order chi connectivity index (χ1) is 15.4. The lowest BCUT2D eigenvalue weighted by Crippen LogP contribution is -2.36. The molecule has 0 fully saturated rings. The van der Waals surface area contributed by atoms with Gasteiger partial charge in [-0.25, -0.2) is 4.79 Å². The summed E-state index contributed by atoms with van der Waals surface area (Å²) in [5, 5.41) is 3.47. The van der Waals surface area contributed by atoms with E-state index in [2.05, 4.69) is 5.32 Å². The van der Waals surface area contributed by atoms with Gasteiger partial charge in [0, 0.05) is 19.8 Å². The molecule has 32 heavy (non-hydrogen) atoms. The number of anilines is 2. The fourth-order valence-electron chi connectivity index (χ4n) is 3.66. The number of ether oxygens (including phenoxy) is 3. The second kappa shape index (κ2) is 8.18. The van der Waals surface area contributed by atoms with Crippen LogP contribution in [0.3, 0.4) is 0 Å². The zero-order valence-corrected chi connectivity index (χ0v) is 18.4. The van der Waals surface area contributed by atoms with E-state index >= 15 is 0 Å². The average molecular weight is 437 g/mol. The Morgan fingerprint density at radius 3 is 2.06 bits per heavy atom. The Morgan fingerprint density at radius 2 is 1.50 bits per heavy atom. The standard InChI is InChI=1S/C23H23N3O6/c1-25-21(27)18-17(13-11-15(29-3)19(31-5)16(12-13)30-4)20(24-14-9-7-6-8-10-14)32-22(18)26(2)23(25)28/h6-12,24H,1-5H3. The number of methoxy groups -OCH3 is 3. The minimum Gasteiger partial charge on any atom is -0.493 e. The predicted molar refractivity (Wildman–Crippen MR) is 122 cm³/mol. The molecule has 2 aromatic carbocycles. The largest absolute Gasteiger partial charge is 0.493 e. The van der Waals surface area contributed by atoms with Gasteiger partial charge in [-0.2, -0.15) is 0 Å². The van der Waals surface area contributed by atoms with Gasteiger partial charge in [-0.15, -0.1) is 0 Å². The zero-order chi connectivity index (χ0) is 23.0. The third kappa shape index (κ3) is 3.27. The Labute approximate surface area is 183 Å². The van der Waals surface area contributed by atoms with Gasteiger partial charge in [0.2, 0.25) is 17.3 Å². The van der Waals surface area contributed by atoms with Crippen molar-refractivity contribution in [2.75, 3.05) is 26.6 Å². The van der Waals surface area contributed by atoms with E-state index in [1.54, 1.807) is 19.2 Å². The van der Waals surface area contributed by atoms with Crippen LogP contribution in [0.1, 0.15) is 0 Å². The van der Waals surface area contributed by atoms with Crippen LogP contribution in [0, 0.1) is 0 Å². The molecule has 1 N–H and O–H groups in total. The van der Waals surface area contributed by atoms with Crippen molar-refractivity contribution >= 4 is 22.7 Å². The van der Waals surface area contributed by atoms with Gasteiger partial charge in [-0.1, -0.05) is 18.2 Å². The summed E-state index contributed by atoms with van der Waals surface area (Å²) < 4.78 is 24.8. The maximum Gasteiger partial charge on any atom is 0.333 e. The molecule has 0 aliphatic carbocycles. The van der Waals surface area contributed by atoms with Gasteiger partial charge in [-0.3, -0.25) is 13.9 Å². The van der Waals surface area contributed by atoms with E-state index in [1.807, 2.05) is 30.3 Å². The number of nitrogens with one attached hydrogen (secondary N) is 1. The van der Waals surface area contributed by atoms with Crippen molar-refractivity contribution in [3.05, 3.63) is 63.3 Å². The van der Waals surface area contributed by atoms with E-state index in [1.165, 1.54) is 32.9 Å². The van der Waals surface area contributed by atoms with Gasteiger partial charge in [0.05, 0.1) is 26.9 Å². The normalized spacial score (nSPS) is 10.9. The van der Waals surface area contributed by atoms with Crippen molar-refractivity contribution in [3.8, 4) is 28.4 Å². The quantitative estimate of drug-likeness (QED) is 0.494. The summed E-state index contributed by atoms with van der Waals surface area (Å²) in [6.07, 6.45) is 0. The number of aromatic nitrogens is 2. The maximum atomic E-state index is 13.2. The topological polar surface area (TPSA) is 96.9 Å². The molecule has 0 bridgehead atoms. The fourth-order valence-corrected chi connectivity index (χ4v) is 3.66. The molecule has 4 aromatic rings. The summed E-state index contributed by atoms with van der Waals surface area (Å²) in [7, 11) is 7.53. The van der Waals surface area contributed by atoms with Crippen LogP contribution in [0.4, 0.5) is 11.6 Å². The van der Waals surface area contributed by atoms with Crippen LogP contribution >= 0.6 is 0 Å². The van der Waals surface area contributed by atoms with E-state index in [4.69, 9.17) is 18.6 Å². The first kappa shape index (κ1) is 21.1. The first-order valence-corrected chi connectivity index (χ1v) is 9.76. The number of hydrogen-bond acceptors (Lipinski definition) is 7. The highest BCUT2D eigenvalue weighted by atomic mass is 16.5. The lowest BCUT2D eigenvalue weighted by molar-refractivity contribution is 0.324. The van der Waals surface area contributed by atoms with E-state index in [0.717, 1.165) is 10.3 Å². The fraction of sp³-hybridized carbons (Fsp3) is 0.217. The first-order valence-electron chi connectivity index (χ1n) is 9.76. The molecule has 0 aliphatic rings. The highest BCUT2D eigenvalue weighted by molar-refractivity contribution is 6.00. The van der Waals surface area contributed by atoms with E-state index in [-0.39, 0.29) is 11.1 Å². The molecular formula is C23H23N3O6. The molecule has 0 saturated heterocycles. The van der Waals surface area contributed by atoms with Crippen LogP contribution in [0.15, 0.2) is 56.5 Å². The smallest absolute Gasteiger partial charge is 0.333 e. The number of nitrogens with zero attached hydrogens (tertiary/aromatic N) is 2. The minimum atomic E-state index is -0.487.